The molecule has 1 atom stereocenters. The first kappa shape index (κ1) is 21.5. The van der Waals surface area contributed by atoms with Crippen LogP contribution < -0.4 is 9.62 Å². The van der Waals surface area contributed by atoms with E-state index in [2.05, 4.69) is 5.32 Å². The van der Waals surface area contributed by atoms with Gasteiger partial charge in [0, 0.05) is 16.1 Å². The second-order valence-corrected chi connectivity index (χ2v) is 8.94. The molecule has 0 saturated carbocycles. The highest BCUT2D eigenvalue weighted by Gasteiger charge is 2.27. The van der Waals surface area contributed by atoms with Crippen LogP contribution in [-0.2, 0) is 14.8 Å². The average molecular weight is 429 g/mol. The number of anilines is 1. The van der Waals surface area contributed by atoms with Gasteiger partial charge in [-0.1, -0.05) is 42.6 Å². The molecule has 5 nitrogen and oxygen atoms in total. The third-order valence-corrected chi connectivity index (χ3v) is 6.19. The Balaban J connectivity index is 2.38. The lowest BCUT2D eigenvalue weighted by atomic mass is 10.2. The van der Waals surface area contributed by atoms with E-state index in [0.29, 0.717) is 15.7 Å². The molecular formula is C19H22Cl2N2O3S. The Morgan fingerprint density at radius 2 is 1.78 bits per heavy atom. The second kappa shape index (κ2) is 9.44. The van der Waals surface area contributed by atoms with E-state index in [1.807, 2.05) is 13.8 Å². The van der Waals surface area contributed by atoms with E-state index < -0.39 is 10.0 Å². The third kappa shape index (κ3) is 5.86. The van der Waals surface area contributed by atoms with Gasteiger partial charge in [0.05, 0.1) is 10.6 Å². The summed E-state index contributed by atoms with van der Waals surface area (Å²) in [5, 5.41) is 3.63. The van der Waals surface area contributed by atoms with E-state index >= 15 is 0 Å². The van der Waals surface area contributed by atoms with Gasteiger partial charge >= 0.3 is 0 Å². The highest BCUT2D eigenvalue weighted by molar-refractivity contribution is 7.92. The summed E-state index contributed by atoms with van der Waals surface area (Å²) >= 11 is 11.9. The molecule has 2 rings (SSSR count). The molecule has 2 aromatic carbocycles. The number of nitrogens with zero attached hydrogens (tertiary/aromatic N) is 1. The van der Waals surface area contributed by atoms with Gasteiger partial charge in [0.2, 0.25) is 5.91 Å². The van der Waals surface area contributed by atoms with Gasteiger partial charge in [-0.15, -0.1) is 0 Å². The number of amides is 1. The number of carbonyl (C=O) groups excluding carboxylic acids is 1. The zero-order valence-electron chi connectivity index (χ0n) is 15.2. The molecule has 0 spiro atoms. The molecule has 8 heteroatoms. The number of nitrogens with one attached hydrogen (secondary N) is 1. The Morgan fingerprint density at radius 3 is 2.37 bits per heavy atom. The zero-order chi connectivity index (χ0) is 20.0. The van der Waals surface area contributed by atoms with Crippen LogP contribution in [0.15, 0.2) is 53.4 Å². The highest BCUT2D eigenvalue weighted by atomic mass is 35.5. The molecule has 0 aliphatic rings. The topological polar surface area (TPSA) is 66.5 Å². The molecule has 0 saturated heterocycles. The summed E-state index contributed by atoms with van der Waals surface area (Å²) in [5.74, 6) is -0.381. The van der Waals surface area contributed by atoms with Crippen LogP contribution in [0.2, 0.25) is 10.0 Å². The molecule has 27 heavy (non-hydrogen) atoms. The number of halogens is 2. The SMILES string of the molecule is CCCC(C)NC(=O)CN(c1cccc(Cl)c1)S(=O)(=O)c1ccc(Cl)cc1. The summed E-state index contributed by atoms with van der Waals surface area (Å²) in [5.41, 5.74) is 0.316. The van der Waals surface area contributed by atoms with Crippen molar-refractivity contribution in [2.75, 3.05) is 10.8 Å². The number of benzene rings is 2. The van der Waals surface area contributed by atoms with Crippen molar-refractivity contribution in [3.8, 4) is 0 Å². The summed E-state index contributed by atoms with van der Waals surface area (Å²) in [7, 11) is -3.98. The van der Waals surface area contributed by atoms with Gasteiger partial charge in [-0.25, -0.2) is 8.42 Å². The van der Waals surface area contributed by atoms with Gasteiger partial charge in [0.25, 0.3) is 10.0 Å². The van der Waals surface area contributed by atoms with Crippen molar-refractivity contribution >= 4 is 44.8 Å². The standard InChI is InChI=1S/C19H22Cl2N2O3S/c1-3-5-14(2)22-19(24)13-23(17-7-4-6-16(21)12-17)27(25,26)18-10-8-15(20)9-11-18/h4,6-12,14H,3,5,13H2,1-2H3,(H,22,24). The van der Waals surface area contributed by atoms with Crippen LogP contribution in [-0.4, -0.2) is 26.9 Å². The largest absolute Gasteiger partial charge is 0.352 e. The molecule has 0 aliphatic carbocycles. The maximum absolute atomic E-state index is 13.2. The Bertz CT molecular complexity index is 886. The summed E-state index contributed by atoms with van der Waals surface area (Å²) in [6.07, 6.45) is 1.73. The number of hydrogen-bond donors (Lipinski definition) is 1. The molecule has 0 fully saturated rings. The summed E-state index contributed by atoms with van der Waals surface area (Å²) < 4.78 is 27.4. The molecular weight excluding hydrogens is 407 g/mol. The van der Waals surface area contributed by atoms with Crippen LogP contribution in [0.1, 0.15) is 26.7 Å². The number of carbonyl (C=O) groups is 1. The van der Waals surface area contributed by atoms with Crippen LogP contribution in [0.5, 0.6) is 0 Å². The maximum Gasteiger partial charge on any atom is 0.264 e. The fraction of sp³-hybridized carbons (Fsp3) is 0.316. The van der Waals surface area contributed by atoms with Crippen molar-refractivity contribution in [1.82, 2.24) is 5.32 Å². The van der Waals surface area contributed by atoms with Crippen molar-refractivity contribution in [1.29, 1.82) is 0 Å². The molecule has 0 radical (unpaired) electrons. The van der Waals surface area contributed by atoms with Crippen molar-refractivity contribution < 1.29 is 13.2 Å². The normalized spacial score (nSPS) is 12.4. The third-order valence-electron chi connectivity index (χ3n) is 3.91. The smallest absolute Gasteiger partial charge is 0.264 e. The zero-order valence-corrected chi connectivity index (χ0v) is 17.5. The summed E-state index contributed by atoms with van der Waals surface area (Å²) in [4.78, 5) is 12.5. The molecule has 0 aliphatic heterocycles. The van der Waals surface area contributed by atoms with Gasteiger partial charge in [-0.2, -0.15) is 0 Å². The fourth-order valence-electron chi connectivity index (χ4n) is 2.64. The Morgan fingerprint density at radius 1 is 1.11 bits per heavy atom. The van der Waals surface area contributed by atoms with Gasteiger partial charge in [0.1, 0.15) is 6.54 Å². The molecule has 1 N–H and O–H groups in total. The van der Waals surface area contributed by atoms with Crippen LogP contribution >= 0.6 is 23.2 Å². The first-order valence-corrected chi connectivity index (χ1v) is 10.8. The molecule has 0 aromatic heterocycles. The molecule has 2 aromatic rings. The number of sulfonamides is 1. The minimum Gasteiger partial charge on any atom is -0.352 e. The van der Waals surface area contributed by atoms with Crippen molar-refractivity contribution in [3.63, 3.8) is 0 Å². The van der Waals surface area contributed by atoms with Crippen LogP contribution in [0, 0.1) is 0 Å². The lowest BCUT2D eigenvalue weighted by molar-refractivity contribution is -0.120. The maximum atomic E-state index is 13.2. The number of hydrogen-bond acceptors (Lipinski definition) is 3. The highest BCUT2D eigenvalue weighted by Crippen LogP contribution is 2.26. The van der Waals surface area contributed by atoms with E-state index in [1.54, 1.807) is 18.2 Å². The Labute approximate surface area is 170 Å². The van der Waals surface area contributed by atoms with Crippen molar-refractivity contribution in [2.45, 2.75) is 37.6 Å². The minimum absolute atomic E-state index is 0.0399. The fourth-order valence-corrected chi connectivity index (χ4v) is 4.36. The lowest BCUT2D eigenvalue weighted by Gasteiger charge is -2.25. The van der Waals surface area contributed by atoms with Crippen molar-refractivity contribution in [2.24, 2.45) is 0 Å². The van der Waals surface area contributed by atoms with Crippen LogP contribution in [0.4, 0.5) is 5.69 Å². The Kier molecular flexibility index (Phi) is 7.53. The van der Waals surface area contributed by atoms with E-state index in [9.17, 15) is 13.2 Å². The molecule has 1 unspecified atom stereocenters. The first-order valence-electron chi connectivity index (χ1n) is 8.57. The molecule has 0 bridgehead atoms. The molecule has 0 heterocycles. The molecule has 146 valence electrons. The average Bonchev–Trinajstić information content (AvgIpc) is 2.60. The lowest BCUT2D eigenvalue weighted by Crippen LogP contribution is -2.43. The van der Waals surface area contributed by atoms with E-state index in [0.717, 1.165) is 17.1 Å². The van der Waals surface area contributed by atoms with E-state index in [-0.39, 0.29) is 23.4 Å². The van der Waals surface area contributed by atoms with Crippen molar-refractivity contribution in [3.05, 3.63) is 58.6 Å². The van der Waals surface area contributed by atoms with Crippen LogP contribution in [0.25, 0.3) is 0 Å². The van der Waals surface area contributed by atoms with Crippen LogP contribution in [0.3, 0.4) is 0 Å². The van der Waals surface area contributed by atoms with Gasteiger partial charge in [0.15, 0.2) is 0 Å². The number of rotatable bonds is 8. The monoisotopic (exact) mass is 428 g/mol. The minimum atomic E-state index is -3.98. The second-order valence-electron chi connectivity index (χ2n) is 6.20. The van der Waals surface area contributed by atoms with E-state index in [1.165, 1.54) is 30.3 Å². The summed E-state index contributed by atoms with van der Waals surface area (Å²) in [6, 6.07) is 12.2. The summed E-state index contributed by atoms with van der Waals surface area (Å²) in [6.45, 7) is 3.56. The van der Waals surface area contributed by atoms with Gasteiger partial charge in [-0.05, 0) is 55.8 Å². The van der Waals surface area contributed by atoms with Gasteiger partial charge in [-0.3, -0.25) is 9.10 Å². The quantitative estimate of drug-likeness (QED) is 0.672. The molecule has 1 amide bonds. The predicted molar refractivity (Wildman–Crippen MR) is 110 cm³/mol. The van der Waals surface area contributed by atoms with Gasteiger partial charge < -0.3 is 5.32 Å². The predicted octanol–water partition coefficient (Wildman–Crippen LogP) is 4.49. The first-order chi connectivity index (χ1) is 12.7. The Hall–Kier alpha value is -1.76. The van der Waals surface area contributed by atoms with E-state index in [4.69, 9.17) is 23.2 Å².